The Hall–Kier alpha value is -2.26. The van der Waals surface area contributed by atoms with Crippen LogP contribution in [0.3, 0.4) is 0 Å². The number of rotatable bonds is 16. The van der Waals surface area contributed by atoms with Crippen molar-refractivity contribution >= 4 is 11.4 Å². The van der Waals surface area contributed by atoms with Gasteiger partial charge in [0.1, 0.15) is 0 Å². The van der Waals surface area contributed by atoms with Gasteiger partial charge in [0.05, 0.1) is 0 Å². The molecule has 0 atom stereocenters. The van der Waals surface area contributed by atoms with Gasteiger partial charge in [-0.1, -0.05) is 96.6 Å². The molecule has 0 unspecified atom stereocenters. The second kappa shape index (κ2) is 21.4. The number of benzene rings is 2. The minimum absolute atomic E-state index is 0.853. The van der Waals surface area contributed by atoms with E-state index in [-0.39, 0.29) is 0 Å². The second-order valence-electron chi connectivity index (χ2n) is 11.2. The zero-order valence-corrected chi connectivity index (χ0v) is 29.0. The Balaban J connectivity index is 0.00000197. The van der Waals surface area contributed by atoms with Gasteiger partial charge < -0.3 is 5.53 Å². The fraction of sp³-hybridized carbons (Fsp3) is 0.538. The first-order chi connectivity index (χ1) is 20.6. The summed E-state index contributed by atoms with van der Waals surface area (Å²) in [6.07, 6.45) is 16.7. The van der Waals surface area contributed by atoms with Crippen molar-refractivity contribution in [3.63, 3.8) is 0 Å². The Morgan fingerprint density at radius 2 is 1.36 bits per heavy atom. The van der Waals surface area contributed by atoms with Crippen molar-refractivity contribution in [1.82, 2.24) is 0 Å². The Labute approximate surface area is 267 Å². The molecule has 0 saturated carbocycles. The van der Waals surface area contributed by atoms with E-state index in [9.17, 15) is 5.53 Å². The van der Waals surface area contributed by atoms with E-state index in [1.807, 2.05) is 0 Å². The van der Waals surface area contributed by atoms with Crippen LogP contribution >= 0.6 is 0 Å². The predicted molar refractivity (Wildman–Crippen MR) is 180 cm³/mol. The quantitative estimate of drug-likeness (QED) is 0.0742. The Morgan fingerprint density at radius 1 is 0.667 bits per heavy atom. The van der Waals surface area contributed by atoms with Crippen LogP contribution in [0, 0.1) is 11.8 Å². The molecule has 232 valence electrons. The van der Waals surface area contributed by atoms with Gasteiger partial charge in [-0.3, -0.25) is 0 Å². The zero-order chi connectivity index (χ0) is 30.6. The van der Waals surface area contributed by atoms with Crippen LogP contribution in [0.1, 0.15) is 133 Å². The first kappa shape index (κ1) is 35.9. The molecule has 1 heterocycles. The van der Waals surface area contributed by atoms with Crippen molar-refractivity contribution in [2.75, 3.05) is 0 Å². The van der Waals surface area contributed by atoms with Crippen LogP contribution in [0.25, 0.3) is 16.9 Å². The van der Waals surface area contributed by atoms with Gasteiger partial charge in [-0.05, 0) is 74.3 Å². The molecule has 2 aromatic rings. The maximum atomic E-state index is 11.9. The van der Waals surface area contributed by atoms with Gasteiger partial charge in [0.15, 0.2) is 0 Å². The number of hydrogen-bond donors (Lipinski definition) is 0. The Bertz CT molecular complexity index is 1220. The van der Waals surface area contributed by atoms with Gasteiger partial charge in [0.25, 0.3) is 0 Å². The molecule has 1 aliphatic rings. The molecule has 0 spiro atoms. The van der Waals surface area contributed by atoms with E-state index in [2.05, 4.69) is 98.9 Å². The Morgan fingerprint density at radius 3 is 2.07 bits per heavy atom. The average molecular weight is 659 g/mol. The van der Waals surface area contributed by atoms with Gasteiger partial charge in [-0.15, -0.1) is 11.8 Å². The summed E-state index contributed by atoms with van der Waals surface area (Å²) >= 11 is 0.950. The molecular weight excluding hydrogens is 603 g/mol. The Kier molecular flexibility index (Phi) is 18.3. The third-order valence-corrected chi connectivity index (χ3v) is 7.84. The third-order valence-electron chi connectivity index (χ3n) is 7.84. The minimum atomic E-state index is 0.853. The van der Waals surface area contributed by atoms with Crippen LogP contribution in [0.5, 0.6) is 0 Å². The monoisotopic (exact) mass is 658 g/mol. The van der Waals surface area contributed by atoms with Crippen LogP contribution in [-0.4, -0.2) is 4.70 Å². The van der Waals surface area contributed by atoms with Crippen molar-refractivity contribution in [2.24, 2.45) is 0 Å². The summed E-state index contributed by atoms with van der Waals surface area (Å²) in [6, 6.07) is 17.5. The fourth-order valence-electron chi connectivity index (χ4n) is 5.65. The van der Waals surface area contributed by atoms with Gasteiger partial charge in [0.2, 0.25) is 11.4 Å². The van der Waals surface area contributed by atoms with Crippen molar-refractivity contribution in [1.29, 1.82) is 0 Å². The topological polar surface area (TPSA) is 25.3 Å². The average Bonchev–Trinajstić information content (AvgIpc) is 3.29. The number of aryl methyl sites for hydroxylation is 2. The predicted octanol–water partition coefficient (Wildman–Crippen LogP) is 12.3. The summed E-state index contributed by atoms with van der Waals surface area (Å²) in [5.74, 6) is 6.73. The van der Waals surface area contributed by atoms with Crippen molar-refractivity contribution in [3.8, 4) is 11.8 Å². The summed E-state index contributed by atoms with van der Waals surface area (Å²) < 4.78 is 1.53. The van der Waals surface area contributed by atoms with E-state index in [0.29, 0.717) is 0 Å². The standard InChI is InChI=1S/C37H50N2.2CH3.Pd/c1-5-9-12-14-16-17-24-31-25-19-20-27-34(31)37-35(28-18-15-13-10-6-2)33(8-4)36(39(37)38)32-26-21-23-30(29-32)22-11-7-3;;;/h19-21,23,25-27,29H,5-13,15,17-18,22,24,28H2,1-4H3;2*1H3;. The summed E-state index contributed by atoms with van der Waals surface area (Å²) in [4.78, 5) is 0. The molecule has 0 amide bonds. The maximum absolute atomic E-state index is 11.9. The van der Waals surface area contributed by atoms with Gasteiger partial charge in [0, 0.05) is 35.1 Å². The van der Waals surface area contributed by atoms with E-state index < -0.39 is 0 Å². The van der Waals surface area contributed by atoms with E-state index in [1.54, 1.807) is 0 Å². The van der Waals surface area contributed by atoms with Gasteiger partial charge >= 0.3 is 28.8 Å². The molecule has 3 heteroatoms. The van der Waals surface area contributed by atoms with E-state index in [4.69, 9.17) is 0 Å². The van der Waals surface area contributed by atoms with Crippen molar-refractivity contribution in [3.05, 3.63) is 87.5 Å². The molecule has 42 heavy (non-hydrogen) atoms. The molecule has 2 aromatic carbocycles. The molecule has 0 aliphatic carbocycles. The van der Waals surface area contributed by atoms with Crippen LogP contribution in [-0.2, 0) is 30.8 Å². The van der Waals surface area contributed by atoms with Crippen LogP contribution in [0.2, 0.25) is 10.8 Å². The molecule has 0 N–H and O–H groups in total. The molecular formula is C39H56N2Pd. The second-order valence-corrected chi connectivity index (χ2v) is 12.8. The van der Waals surface area contributed by atoms with Crippen LogP contribution in [0.4, 0.5) is 0 Å². The molecule has 1 aliphatic heterocycles. The van der Waals surface area contributed by atoms with Crippen LogP contribution in [0.15, 0.2) is 59.7 Å². The number of allylic oxidation sites excluding steroid dienone is 2. The molecule has 0 aromatic heterocycles. The number of nitrogens with zero attached hydrogens (tertiary/aromatic N) is 2. The molecule has 3 rings (SSSR count). The van der Waals surface area contributed by atoms with Crippen molar-refractivity contribution < 1.29 is 22.7 Å². The number of hydrogen-bond acceptors (Lipinski definition) is 0. The first-order valence-corrected chi connectivity index (χ1v) is 19.5. The van der Waals surface area contributed by atoms with E-state index in [1.165, 1.54) is 78.3 Å². The van der Waals surface area contributed by atoms with Gasteiger partial charge in [-0.25, -0.2) is 4.70 Å². The summed E-state index contributed by atoms with van der Waals surface area (Å²) in [5, 5.41) is 4.35. The number of unbranched alkanes of at least 4 members (excludes halogenated alkanes) is 7. The molecule has 0 saturated heterocycles. The van der Waals surface area contributed by atoms with Gasteiger partial charge in [-0.2, -0.15) is 0 Å². The zero-order valence-electron chi connectivity index (χ0n) is 27.4. The van der Waals surface area contributed by atoms with E-state index >= 15 is 0 Å². The first-order valence-electron chi connectivity index (χ1n) is 16.4. The molecule has 0 bridgehead atoms. The summed E-state index contributed by atoms with van der Waals surface area (Å²) in [6.45, 7) is 8.96. The fourth-order valence-corrected chi connectivity index (χ4v) is 5.65. The molecule has 2 nitrogen and oxygen atoms in total. The van der Waals surface area contributed by atoms with Crippen LogP contribution < -0.4 is 0 Å². The normalized spacial score (nSPS) is 12.9. The van der Waals surface area contributed by atoms with E-state index in [0.717, 1.165) is 85.4 Å². The van der Waals surface area contributed by atoms with Crippen molar-refractivity contribution in [2.45, 2.75) is 135 Å². The SMILES string of the molecule is CCCCC#CCCc1ccccc1C1=C(CCCCCCC)C(CC)=C(c2cccc(CCCC)c2)[N+]1=[N-].[CH3][Pd][CH3]. The summed E-state index contributed by atoms with van der Waals surface area (Å²) in [7, 11) is 0. The molecule has 0 radical (unpaired) electrons. The third kappa shape index (κ3) is 11.1. The molecule has 0 fully saturated rings. The summed E-state index contributed by atoms with van der Waals surface area (Å²) in [5.41, 5.74) is 21.4.